The quantitative estimate of drug-likeness (QED) is 0.838. The Hall–Kier alpha value is -1.87. The van der Waals surface area contributed by atoms with Gasteiger partial charge >= 0.3 is 0 Å². The summed E-state index contributed by atoms with van der Waals surface area (Å²) < 4.78 is 2.21. The van der Waals surface area contributed by atoms with E-state index in [9.17, 15) is 0 Å². The maximum absolute atomic E-state index is 4.14. The average Bonchev–Trinajstić information content (AvgIpc) is 3.01. The summed E-state index contributed by atoms with van der Waals surface area (Å²) in [5.41, 5.74) is 2.74. The maximum Gasteiger partial charge on any atom is 0.0946 e. The number of rotatable bonds is 5. The number of hydrogen-bond donors (Lipinski definition) is 0. The Morgan fingerprint density at radius 3 is 2.95 bits per heavy atom. The van der Waals surface area contributed by atoms with Gasteiger partial charge in [0.25, 0.3) is 0 Å². The van der Waals surface area contributed by atoms with Gasteiger partial charge in [0.1, 0.15) is 0 Å². The van der Waals surface area contributed by atoms with Crippen LogP contribution in [0.2, 0.25) is 0 Å². The minimum Gasteiger partial charge on any atom is -0.337 e. The van der Waals surface area contributed by atoms with Gasteiger partial charge in [-0.2, -0.15) is 0 Å². The highest BCUT2D eigenvalue weighted by atomic mass is 15.1. The van der Waals surface area contributed by atoms with Crippen molar-refractivity contribution in [3.05, 3.63) is 60.2 Å². The van der Waals surface area contributed by atoms with Crippen molar-refractivity contribution in [1.29, 1.82) is 0 Å². The molecular weight excluding hydrogens is 270 g/mol. The first kappa shape index (κ1) is 15.0. The number of piperidine rings is 1. The SMILES string of the molecule is C/C(=C\c1ccccc1)CN1CCC[C@@H](Cn2ccnc2)C1. The van der Waals surface area contributed by atoms with E-state index in [1.54, 1.807) is 0 Å². The molecule has 0 saturated carbocycles. The summed E-state index contributed by atoms with van der Waals surface area (Å²) in [6, 6.07) is 10.6. The van der Waals surface area contributed by atoms with Crippen molar-refractivity contribution in [3.8, 4) is 0 Å². The van der Waals surface area contributed by atoms with Gasteiger partial charge in [-0.05, 0) is 37.8 Å². The van der Waals surface area contributed by atoms with Crippen molar-refractivity contribution >= 4 is 6.08 Å². The van der Waals surface area contributed by atoms with Crippen LogP contribution in [-0.4, -0.2) is 34.1 Å². The second kappa shape index (κ2) is 7.41. The number of aromatic nitrogens is 2. The van der Waals surface area contributed by atoms with Gasteiger partial charge in [0.05, 0.1) is 6.33 Å². The van der Waals surface area contributed by atoms with E-state index < -0.39 is 0 Å². The predicted molar refractivity (Wildman–Crippen MR) is 91.5 cm³/mol. The second-order valence-corrected chi connectivity index (χ2v) is 6.40. The largest absolute Gasteiger partial charge is 0.337 e. The molecule has 3 nitrogen and oxygen atoms in total. The first-order valence-corrected chi connectivity index (χ1v) is 8.20. The average molecular weight is 295 g/mol. The summed E-state index contributed by atoms with van der Waals surface area (Å²) >= 11 is 0. The molecule has 1 saturated heterocycles. The lowest BCUT2D eigenvalue weighted by Crippen LogP contribution is -2.37. The van der Waals surface area contributed by atoms with Gasteiger partial charge in [-0.25, -0.2) is 4.98 Å². The third-order valence-corrected chi connectivity index (χ3v) is 4.32. The van der Waals surface area contributed by atoms with Crippen LogP contribution in [0.3, 0.4) is 0 Å². The monoisotopic (exact) mass is 295 g/mol. The molecule has 0 N–H and O–H groups in total. The lowest BCUT2D eigenvalue weighted by atomic mass is 9.97. The highest BCUT2D eigenvalue weighted by Gasteiger charge is 2.20. The molecule has 0 unspecified atom stereocenters. The first-order chi connectivity index (χ1) is 10.8. The lowest BCUT2D eigenvalue weighted by molar-refractivity contribution is 0.174. The highest BCUT2D eigenvalue weighted by Crippen LogP contribution is 2.19. The topological polar surface area (TPSA) is 21.1 Å². The Morgan fingerprint density at radius 1 is 1.32 bits per heavy atom. The Balaban J connectivity index is 1.54. The molecule has 2 heterocycles. The van der Waals surface area contributed by atoms with Crippen molar-refractivity contribution in [2.45, 2.75) is 26.3 Å². The molecule has 0 radical (unpaired) electrons. The van der Waals surface area contributed by atoms with Gasteiger partial charge in [0.2, 0.25) is 0 Å². The fraction of sp³-hybridized carbons (Fsp3) is 0.421. The molecule has 1 aliphatic heterocycles. The molecule has 2 aromatic rings. The van der Waals surface area contributed by atoms with E-state index in [0.717, 1.165) is 19.0 Å². The van der Waals surface area contributed by atoms with Crippen LogP contribution in [-0.2, 0) is 6.54 Å². The van der Waals surface area contributed by atoms with Gasteiger partial charge < -0.3 is 4.57 Å². The molecule has 1 aliphatic rings. The molecule has 1 atom stereocenters. The van der Waals surface area contributed by atoms with Gasteiger partial charge in [0, 0.05) is 32.0 Å². The number of nitrogens with zero attached hydrogens (tertiary/aromatic N) is 3. The predicted octanol–water partition coefficient (Wildman–Crippen LogP) is 3.70. The van der Waals surface area contributed by atoms with E-state index in [1.165, 1.54) is 37.1 Å². The van der Waals surface area contributed by atoms with E-state index in [0.29, 0.717) is 0 Å². The number of benzene rings is 1. The normalized spacial score (nSPS) is 20.2. The molecule has 1 fully saturated rings. The van der Waals surface area contributed by atoms with Crippen LogP contribution >= 0.6 is 0 Å². The highest BCUT2D eigenvalue weighted by molar-refractivity contribution is 5.52. The van der Waals surface area contributed by atoms with Gasteiger partial charge in [0.15, 0.2) is 0 Å². The zero-order valence-electron chi connectivity index (χ0n) is 13.4. The molecule has 3 rings (SSSR count). The summed E-state index contributed by atoms with van der Waals surface area (Å²) in [6.45, 7) is 6.83. The van der Waals surface area contributed by atoms with Crippen LogP contribution in [0.25, 0.3) is 6.08 Å². The zero-order chi connectivity index (χ0) is 15.2. The smallest absolute Gasteiger partial charge is 0.0946 e. The van der Waals surface area contributed by atoms with Crippen molar-refractivity contribution < 1.29 is 0 Å². The Kier molecular flexibility index (Phi) is 5.07. The molecular formula is C19H25N3. The Morgan fingerprint density at radius 2 is 2.18 bits per heavy atom. The summed E-state index contributed by atoms with van der Waals surface area (Å²) in [5.74, 6) is 0.743. The zero-order valence-corrected chi connectivity index (χ0v) is 13.4. The molecule has 0 bridgehead atoms. The number of imidazole rings is 1. The molecule has 1 aromatic heterocycles. The summed E-state index contributed by atoms with van der Waals surface area (Å²) in [4.78, 5) is 6.74. The number of likely N-dealkylation sites (tertiary alicyclic amines) is 1. The van der Waals surface area contributed by atoms with Crippen LogP contribution in [0.5, 0.6) is 0 Å². The van der Waals surface area contributed by atoms with Crippen molar-refractivity contribution in [2.75, 3.05) is 19.6 Å². The van der Waals surface area contributed by atoms with Gasteiger partial charge in [-0.3, -0.25) is 4.90 Å². The summed E-state index contributed by atoms with van der Waals surface area (Å²) in [7, 11) is 0. The van der Waals surface area contributed by atoms with Gasteiger partial charge in [-0.15, -0.1) is 0 Å². The van der Waals surface area contributed by atoms with Crippen LogP contribution < -0.4 is 0 Å². The summed E-state index contributed by atoms with van der Waals surface area (Å²) in [6.07, 6.45) is 10.8. The molecule has 22 heavy (non-hydrogen) atoms. The molecule has 1 aromatic carbocycles. The van der Waals surface area contributed by atoms with Crippen molar-refractivity contribution in [2.24, 2.45) is 5.92 Å². The van der Waals surface area contributed by atoms with E-state index in [4.69, 9.17) is 0 Å². The molecule has 0 aliphatic carbocycles. The van der Waals surface area contributed by atoms with E-state index >= 15 is 0 Å². The van der Waals surface area contributed by atoms with Crippen molar-refractivity contribution in [1.82, 2.24) is 14.5 Å². The Bertz CT molecular complexity index is 586. The van der Waals surface area contributed by atoms with Crippen LogP contribution in [0.4, 0.5) is 0 Å². The molecule has 0 spiro atoms. The van der Waals surface area contributed by atoms with Crippen molar-refractivity contribution in [3.63, 3.8) is 0 Å². The first-order valence-electron chi connectivity index (χ1n) is 8.20. The molecule has 3 heteroatoms. The lowest BCUT2D eigenvalue weighted by Gasteiger charge is -2.33. The molecule has 0 amide bonds. The van der Waals surface area contributed by atoms with Crippen LogP contribution in [0, 0.1) is 5.92 Å². The standard InChI is InChI=1S/C19H25N3/c1-17(12-18-6-3-2-4-7-18)13-21-10-5-8-19(14-21)15-22-11-9-20-16-22/h2-4,6-7,9,11-12,16,19H,5,8,10,13-15H2,1H3/b17-12+/t19-/m1/s1. The fourth-order valence-corrected chi connectivity index (χ4v) is 3.37. The van der Waals surface area contributed by atoms with Crippen LogP contribution in [0.15, 0.2) is 54.6 Å². The minimum absolute atomic E-state index is 0.743. The van der Waals surface area contributed by atoms with E-state index in [-0.39, 0.29) is 0 Å². The molecule has 116 valence electrons. The summed E-state index contributed by atoms with van der Waals surface area (Å²) in [5, 5.41) is 0. The van der Waals surface area contributed by atoms with Gasteiger partial charge in [-0.1, -0.05) is 42.0 Å². The van der Waals surface area contributed by atoms with E-state index in [1.807, 2.05) is 12.5 Å². The maximum atomic E-state index is 4.14. The third-order valence-electron chi connectivity index (χ3n) is 4.32. The van der Waals surface area contributed by atoms with E-state index in [2.05, 4.69) is 64.0 Å². The van der Waals surface area contributed by atoms with Crippen LogP contribution in [0.1, 0.15) is 25.3 Å². The fourth-order valence-electron chi connectivity index (χ4n) is 3.37. The Labute approximate surface area is 133 Å². The number of hydrogen-bond acceptors (Lipinski definition) is 2. The third kappa shape index (κ3) is 4.31. The minimum atomic E-state index is 0.743. The second-order valence-electron chi connectivity index (χ2n) is 6.40.